The second kappa shape index (κ2) is 9.39. The predicted octanol–water partition coefficient (Wildman–Crippen LogP) is 5.05. The van der Waals surface area contributed by atoms with Crippen LogP contribution < -0.4 is 5.32 Å². The minimum Gasteiger partial charge on any atom is -0.376 e. The lowest BCUT2D eigenvalue weighted by molar-refractivity contribution is 0.220. The first-order chi connectivity index (χ1) is 16.2. The Balaban J connectivity index is 1.38. The minimum absolute atomic E-state index is 0.0106. The number of nitriles is 1. The van der Waals surface area contributed by atoms with Crippen molar-refractivity contribution in [1.82, 2.24) is 25.1 Å². The zero-order valence-corrected chi connectivity index (χ0v) is 18.8. The van der Waals surface area contributed by atoms with Gasteiger partial charge in [0.15, 0.2) is 0 Å². The van der Waals surface area contributed by atoms with Crippen LogP contribution in [0, 0.1) is 11.3 Å². The van der Waals surface area contributed by atoms with Gasteiger partial charge in [0.25, 0.3) is 0 Å². The zero-order chi connectivity index (χ0) is 22.6. The number of nitrogens with one attached hydrogen (secondary N) is 2. The van der Waals surface area contributed by atoms with E-state index < -0.39 is 0 Å². The molecule has 0 saturated carbocycles. The molecule has 0 bridgehead atoms. The molecule has 4 heterocycles. The SMILES string of the molecule is CC(Nc1ccc(C#N)nc1)c1[nH]nc2ccc(-c3cncc(CN4CCCCC4)c3)cc12. The summed E-state index contributed by atoms with van der Waals surface area (Å²) in [5.74, 6) is 0. The number of rotatable bonds is 6. The van der Waals surface area contributed by atoms with E-state index in [1.165, 1.54) is 37.9 Å². The molecule has 1 fully saturated rings. The highest BCUT2D eigenvalue weighted by molar-refractivity contribution is 5.87. The van der Waals surface area contributed by atoms with Crippen LogP contribution in [0.1, 0.15) is 49.2 Å². The monoisotopic (exact) mass is 437 g/mol. The van der Waals surface area contributed by atoms with Gasteiger partial charge >= 0.3 is 0 Å². The molecule has 0 spiro atoms. The van der Waals surface area contributed by atoms with Crippen LogP contribution in [0.3, 0.4) is 0 Å². The lowest BCUT2D eigenvalue weighted by atomic mass is 10.0. The molecule has 0 aliphatic carbocycles. The van der Waals surface area contributed by atoms with Crippen molar-refractivity contribution in [3.8, 4) is 17.2 Å². The first-order valence-corrected chi connectivity index (χ1v) is 11.5. The summed E-state index contributed by atoms with van der Waals surface area (Å²) in [5, 5.41) is 21.2. The molecule has 166 valence electrons. The molecule has 1 saturated heterocycles. The molecule has 33 heavy (non-hydrogen) atoms. The summed E-state index contributed by atoms with van der Waals surface area (Å²) in [5.41, 5.74) is 6.70. The summed E-state index contributed by atoms with van der Waals surface area (Å²) in [6.45, 7) is 5.39. The van der Waals surface area contributed by atoms with Crippen LogP contribution in [-0.4, -0.2) is 38.2 Å². The van der Waals surface area contributed by atoms with Gasteiger partial charge in [-0.1, -0.05) is 12.5 Å². The lowest BCUT2D eigenvalue weighted by Gasteiger charge is -2.26. The molecule has 0 radical (unpaired) electrons. The Labute approximate surface area is 193 Å². The molecule has 7 heteroatoms. The molecular weight excluding hydrogens is 410 g/mol. The number of nitrogens with zero attached hydrogens (tertiary/aromatic N) is 5. The van der Waals surface area contributed by atoms with Gasteiger partial charge in [-0.15, -0.1) is 0 Å². The van der Waals surface area contributed by atoms with Gasteiger partial charge in [0.2, 0.25) is 0 Å². The predicted molar refractivity (Wildman–Crippen MR) is 129 cm³/mol. The zero-order valence-electron chi connectivity index (χ0n) is 18.8. The molecular formula is C26H27N7. The number of H-pyrrole nitrogens is 1. The van der Waals surface area contributed by atoms with Gasteiger partial charge in [-0.05, 0) is 74.3 Å². The number of aromatic amines is 1. The smallest absolute Gasteiger partial charge is 0.140 e. The van der Waals surface area contributed by atoms with Crippen molar-refractivity contribution in [2.45, 2.75) is 38.8 Å². The van der Waals surface area contributed by atoms with Crippen LogP contribution in [0.15, 0.2) is 55.0 Å². The average Bonchev–Trinajstić information content (AvgIpc) is 3.29. The Morgan fingerprint density at radius 2 is 1.94 bits per heavy atom. The first-order valence-electron chi connectivity index (χ1n) is 11.5. The number of hydrogen-bond acceptors (Lipinski definition) is 6. The van der Waals surface area contributed by atoms with Crippen LogP contribution >= 0.6 is 0 Å². The average molecular weight is 438 g/mol. The summed E-state index contributed by atoms with van der Waals surface area (Å²) >= 11 is 0. The number of anilines is 1. The van der Waals surface area contributed by atoms with Gasteiger partial charge in [-0.3, -0.25) is 15.0 Å². The summed E-state index contributed by atoms with van der Waals surface area (Å²) in [6, 6.07) is 14.2. The summed E-state index contributed by atoms with van der Waals surface area (Å²) in [6.07, 6.45) is 9.52. The Hall–Kier alpha value is -3.76. The van der Waals surface area contributed by atoms with Crippen molar-refractivity contribution >= 4 is 16.6 Å². The molecule has 1 atom stereocenters. The maximum atomic E-state index is 8.95. The fraction of sp³-hybridized carbons (Fsp3) is 0.308. The van der Waals surface area contributed by atoms with Crippen molar-refractivity contribution in [2.24, 2.45) is 0 Å². The summed E-state index contributed by atoms with van der Waals surface area (Å²) < 4.78 is 0. The van der Waals surface area contributed by atoms with E-state index in [0.29, 0.717) is 5.69 Å². The third kappa shape index (κ3) is 4.71. The lowest BCUT2D eigenvalue weighted by Crippen LogP contribution is -2.29. The number of hydrogen-bond donors (Lipinski definition) is 2. The van der Waals surface area contributed by atoms with Crippen LogP contribution in [0.5, 0.6) is 0 Å². The molecule has 1 aliphatic heterocycles. The van der Waals surface area contributed by atoms with E-state index in [2.05, 4.69) is 61.6 Å². The van der Waals surface area contributed by atoms with Crippen LogP contribution in [0.4, 0.5) is 5.69 Å². The highest BCUT2D eigenvalue weighted by Crippen LogP contribution is 2.29. The quantitative estimate of drug-likeness (QED) is 0.438. The molecule has 7 nitrogen and oxygen atoms in total. The maximum Gasteiger partial charge on any atom is 0.140 e. The molecule has 3 aromatic heterocycles. The number of pyridine rings is 2. The fourth-order valence-electron chi connectivity index (χ4n) is 4.51. The minimum atomic E-state index is -0.0106. The van der Waals surface area contributed by atoms with Gasteiger partial charge < -0.3 is 5.32 Å². The molecule has 4 aromatic rings. The first kappa shape index (κ1) is 21.1. The van der Waals surface area contributed by atoms with Gasteiger partial charge in [-0.2, -0.15) is 10.4 Å². The second-order valence-electron chi connectivity index (χ2n) is 8.70. The molecule has 2 N–H and O–H groups in total. The summed E-state index contributed by atoms with van der Waals surface area (Å²) in [4.78, 5) is 11.2. The standard InChI is InChI=1S/C26H27N7/c1-18(30-23-7-6-22(13-27)29-16-23)26-24-12-20(5-8-25(24)31-32-26)21-11-19(14-28-15-21)17-33-9-3-2-4-10-33/h5-8,11-12,14-16,18,30H,2-4,9-10,17H2,1H3,(H,31,32). The van der Waals surface area contributed by atoms with E-state index in [1.807, 2.05) is 24.5 Å². The number of fused-ring (bicyclic) bond motifs is 1. The Kier molecular flexibility index (Phi) is 6.01. The van der Waals surface area contributed by atoms with Crippen LogP contribution in [0.2, 0.25) is 0 Å². The topological polar surface area (TPSA) is 93.5 Å². The van der Waals surface area contributed by atoms with Gasteiger partial charge in [0, 0.05) is 29.9 Å². The molecule has 1 aliphatic rings. The van der Waals surface area contributed by atoms with Gasteiger partial charge in [-0.25, -0.2) is 4.98 Å². The van der Waals surface area contributed by atoms with E-state index in [4.69, 9.17) is 5.26 Å². The molecule has 1 unspecified atom stereocenters. The third-order valence-corrected chi connectivity index (χ3v) is 6.26. The van der Waals surface area contributed by atoms with Crippen LogP contribution in [-0.2, 0) is 6.54 Å². The van der Waals surface area contributed by atoms with E-state index in [-0.39, 0.29) is 6.04 Å². The van der Waals surface area contributed by atoms with E-state index >= 15 is 0 Å². The van der Waals surface area contributed by atoms with E-state index in [9.17, 15) is 0 Å². The van der Waals surface area contributed by atoms with Gasteiger partial charge in [0.1, 0.15) is 11.8 Å². The van der Waals surface area contributed by atoms with Crippen LogP contribution in [0.25, 0.3) is 22.0 Å². The van der Waals surface area contributed by atoms with E-state index in [1.54, 1.807) is 12.3 Å². The second-order valence-corrected chi connectivity index (χ2v) is 8.70. The fourth-order valence-corrected chi connectivity index (χ4v) is 4.51. The van der Waals surface area contributed by atoms with Crippen molar-refractivity contribution in [3.63, 3.8) is 0 Å². The van der Waals surface area contributed by atoms with E-state index in [0.717, 1.165) is 40.0 Å². The number of likely N-dealkylation sites (tertiary alicyclic amines) is 1. The van der Waals surface area contributed by atoms with Crippen molar-refractivity contribution in [3.05, 3.63) is 71.9 Å². The van der Waals surface area contributed by atoms with Crippen molar-refractivity contribution < 1.29 is 0 Å². The van der Waals surface area contributed by atoms with Crippen molar-refractivity contribution in [1.29, 1.82) is 5.26 Å². The Bertz CT molecular complexity index is 1280. The normalized spacial score (nSPS) is 15.3. The third-order valence-electron chi connectivity index (χ3n) is 6.26. The number of piperidine rings is 1. The maximum absolute atomic E-state index is 8.95. The number of benzene rings is 1. The molecule has 1 aromatic carbocycles. The van der Waals surface area contributed by atoms with Crippen molar-refractivity contribution in [2.75, 3.05) is 18.4 Å². The highest BCUT2D eigenvalue weighted by atomic mass is 15.1. The molecule has 5 rings (SSSR count). The largest absolute Gasteiger partial charge is 0.376 e. The molecule has 0 amide bonds. The highest BCUT2D eigenvalue weighted by Gasteiger charge is 2.15. The number of aromatic nitrogens is 4. The summed E-state index contributed by atoms with van der Waals surface area (Å²) in [7, 11) is 0. The Morgan fingerprint density at radius 3 is 2.73 bits per heavy atom. The van der Waals surface area contributed by atoms with Gasteiger partial charge in [0.05, 0.1) is 29.1 Å². The Morgan fingerprint density at radius 1 is 1.06 bits per heavy atom.